The summed E-state index contributed by atoms with van der Waals surface area (Å²) < 4.78 is 5.39. The van der Waals surface area contributed by atoms with Crippen molar-refractivity contribution in [2.24, 2.45) is 7.05 Å². The molecule has 5 heterocycles. The van der Waals surface area contributed by atoms with Crippen molar-refractivity contribution in [1.82, 2.24) is 23.5 Å². The molecule has 0 spiro atoms. The van der Waals surface area contributed by atoms with Crippen LogP contribution in [0.25, 0.3) is 5.65 Å². The van der Waals surface area contributed by atoms with Gasteiger partial charge in [0.05, 0.1) is 0 Å². The molecule has 0 radical (unpaired) electrons. The molecular weight excluding hydrogens is 372 g/mol. The third kappa shape index (κ3) is 3.20. The summed E-state index contributed by atoms with van der Waals surface area (Å²) in [6.07, 6.45) is 9.87. The Hall–Kier alpha value is -2.32. The molecule has 1 saturated heterocycles. The number of aryl methyl sites for hydroxylation is 2. The van der Waals surface area contributed by atoms with Crippen LogP contribution in [0.5, 0.6) is 0 Å². The summed E-state index contributed by atoms with van der Waals surface area (Å²) in [5.41, 5.74) is 2.86. The third-order valence-corrected chi connectivity index (χ3v) is 6.57. The van der Waals surface area contributed by atoms with E-state index < -0.39 is 0 Å². The zero-order valence-electron chi connectivity index (χ0n) is 16.0. The second kappa shape index (κ2) is 7.25. The Labute approximate surface area is 168 Å². The van der Waals surface area contributed by atoms with Crippen LogP contribution in [0.1, 0.15) is 31.2 Å². The monoisotopic (exact) mass is 396 g/mol. The quantitative estimate of drug-likeness (QED) is 0.635. The van der Waals surface area contributed by atoms with Crippen molar-refractivity contribution in [2.75, 3.05) is 24.5 Å². The van der Waals surface area contributed by atoms with Gasteiger partial charge in [-0.25, -0.2) is 18.8 Å². The molecule has 0 amide bonds. The van der Waals surface area contributed by atoms with E-state index in [9.17, 15) is 4.79 Å². The molecule has 5 rings (SSSR count). The Bertz CT molecular complexity index is 1070. The fourth-order valence-corrected chi connectivity index (χ4v) is 5.12. The number of pyridine rings is 2. The first-order chi connectivity index (χ1) is 13.7. The van der Waals surface area contributed by atoms with Gasteiger partial charge in [0.2, 0.25) is 0 Å². The second-order valence-corrected chi connectivity index (χ2v) is 8.68. The predicted molar refractivity (Wildman–Crippen MR) is 111 cm³/mol. The van der Waals surface area contributed by atoms with Gasteiger partial charge in [0, 0.05) is 55.7 Å². The fraction of sp³-hybridized carbons (Fsp3) is 0.450. The van der Waals surface area contributed by atoms with Gasteiger partial charge in [-0.1, -0.05) is 6.42 Å². The average Bonchev–Trinajstić information content (AvgIpc) is 3.01. The molecule has 2 aliphatic heterocycles. The number of hydrogen-bond acceptors (Lipinski definition) is 6. The van der Waals surface area contributed by atoms with E-state index in [-0.39, 0.29) is 5.69 Å². The summed E-state index contributed by atoms with van der Waals surface area (Å²) >= 11 is 1.84. The van der Waals surface area contributed by atoms with Crippen LogP contribution in [0.3, 0.4) is 0 Å². The van der Waals surface area contributed by atoms with E-state index in [4.69, 9.17) is 4.98 Å². The molecule has 0 aromatic carbocycles. The van der Waals surface area contributed by atoms with Gasteiger partial charge < -0.3 is 4.90 Å². The highest BCUT2D eigenvalue weighted by Gasteiger charge is 2.22. The lowest BCUT2D eigenvalue weighted by molar-refractivity contribution is 0.380. The lowest BCUT2D eigenvalue weighted by Crippen LogP contribution is -2.26. The summed E-state index contributed by atoms with van der Waals surface area (Å²) in [6, 6.07) is 6.25. The van der Waals surface area contributed by atoms with Crippen molar-refractivity contribution in [3.63, 3.8) is 0 Å². The highest BCUT2D eigenvalue weighted by Crippen LogP contribution is 2.35. The second-order valence-electron chi connectivity index (χ2n) is 7.51. The zero-order chi connectivity index (χ0) is 19.1. The van der Waals surface area contributed by atoms with Crippen molar-refractivity contribution in [2.45, 2.75) is 37.0 Å². The number of hydrogen-bond donors (Lipinski definition) is 0. The molecule has 146 valence electrons. The standard InChI is InChI=1S/C20H24N6OS/c1-23-20(27)26-11-7-16(13-18(26)22-23)25-10-5-6-15-12-17(14-21-19(15)25)28-24-8-3-2-4-9-24/h7,11-14H,2-6,8-10H2,1H3. The van der Waals surface area contributed by atoms with Crippen LogP contribution >= 0.6 is 11.9 Å². The fourth-order valence-electron chi connectivity index (χ4n) is 4.08. The molecule has 0 unspecified atom stereocenters. The molecule has 2 aliphatic rings. The maximum absolute atomic E-state index is 12.0. The number of fused-ring (bicyclic) bond motifs is 2. The first-order valence-corrected chi connectivity index (χ1v) is 10.7. The van der Waals surface area contributed by atoms with E-state index >= 15 is 0 Å². The lowest BCUT2D eigenvalue weighted by atomic mass is 10.1. The number of piperidine rings is 1. The number of aromatic nitrogens is 4. The van der Waals surface area contributed by atoms with Gasteiger partial charge in [-0.05, 0) is 55.3 Å². The topological polar surface area (TPSA) is 58.7 Å². The Morgan fingerprint density at radius 3 is 2.79 bits per heavy atom. The first-order valence-electron chi connectivity index (χ1n) is 9.94. The van der Waals surface area contributed by atoms with Gasteiger partial charge >= 0.3 is 5.69 Å². The number of anilines is 2. The van der Waals surface area contributed by atoms with Crippen LogP contribution < -0.4 is 10.6 Å². The van der Waals surface area contributed by atoms with Crippen LogP contribution in [0.15, 0.2) is 40.3 Å². The van der Waals surface area contributed by atoms with E-state index in [0.29, 0.717) is 5.65 Å². The van der Waals surface area contributed by atoms with Gasteiger partial charge in [-0.15, -0.1) is 0 Å². The van der Waals surface area contributed by atoms with Crippen molar-refractivity contribution in [3.05, 3.63) is 46.6 Å². The van der Waals surface area contributed by atoms with Crippen molar-refractivity contribution in [3.8, 4) is 0 Å². The van der Waals surface area contributed by atoms with Crippen LogP contribution in [0.2, 0.25) is 0 Å². The summed E-state index contributed by atoms with van der Waals surface area (Å²) in [5.74, 6) is 1.02. The van der Waals surface area contributed by atoms with Gasteiger partial charge in [0.1, 0.15) is 5.82 Å². The molecule has 7 nitrogen and oxygen atoms in total. The van der Waals surface area contributed by atoms with E-state index in [1.807, 2.05) is 30.3 Å². The Morgan fingerprint density at radius 1 is 1.07 bits per heavy atom. The maximum atomic E-state index is 12.0. The number of nitrogens with zero attached hydrogens (tertiary/aromatic N) is 6. The van der Waals surface area contributed by atoms with Gasteiger partial charge in [0.15, 0.2) is 5.65 Å². The normalized spacial score (nSPS) is 17.8. The van der Waals surface area contributed by atoms with Crippen molar-refractivity contribution < 1.29 is 0 Å². The minimum atomic E-state index is -0.127. The summed E-state index contributed by atoms with van der Waals surface area (Å²) in [5, 5.41) is 4.31. The maximum Gasteiger partial charge on any atom is 0.350 e. The molecule has 0 N–H and O–H groups in total. The van der Waals surface area contributed by atoms with E-state index in [0.717, 1.165) is 44.0 Å². The molecule has 1 fully saturated rings. The minimum Gasteiger partial charge on any atom is -0.326 e. The summed E-state index contributed by atoms with van der Waals surface area (Å²) in [4.78, 5) is 20.4. The Balaban J connectivity index is 1.44. The summed E-state index contributed by atoms with van der Waals surface area (Å²) in [7, 11) is 1.67. The van der Waals surface area contributed by atoms with Gasteiger partial charge in [-0.2, -0.15) is 5.10 Å². The molecule has 3 aromatic rings. The summed E-state index contributed by atoms with van der Waals surface area (Å²) in [6.45, 7) is 3.25. The molecule has 3 aromatic heterocycles. The average molecular weight is 397 g/mol. The molecular formula is C20H24N6OS. The highest BCUT2D eigenvalue weighted by molar-refractivity contribution is 7.97. The van der Waals surface area contributed by atoms with Crippen LogP contribution in [0.4, 0.5) is 11.5 Å². The smallest absolute Gasteiger partial charge is 0.326 e. The van der Waals surface area contributed by atoms with Crippen molar-refractivity contribution >= 4 is 29.1 Å². The Kier molecular flexibility index (Phi) is 4.60. The highest BCUT2D eigenvalue weighted by atomic mass is 32.2. The van der Waals surface area contributed by atoms with Crippen LogP contribution in [0, 0.1) is 0 Å². The van der Waals surface area contributed by atoms with Crippen molar-refractivity contribution in [1.29, 1.82) is 0 Å². The van der Waals surface area contributed by atoms with Crippen LogP contribution in [-0.2, 0) is 13.5 Å². The largest absolute Gasteiger partial charge is 0.350 e. The SMILES string of the molecule is Cn1nc2cc(N3CCCc4cc(SN5CCCCC5)cnc43)ccn2c1=O. The van der Waals surface area contributed by atoms with Gasteiger partial charge in [-0.3, -0.25) is 4.40 Å². The molecule has 0 saturated carbocycles. The number of rotatable bonds is 3. The molecule has 8 heteroatoms. The minimum absolute atomic E-state index is 0.127. The Morgan fingerprint density at radius 2 is 1.93 bits per heavy atom. The third-order valence-electron chi connectivity index (χ3n) is 5.52. The van der Waals surface area contributed by atoms with Gasteiger partial charge in [0.25, 0.3) is 0 Å². The molecule has 0 aliphatic carbocycles. The predicted octanol–water partition coefficient (Wildman–Crippen LogP) is 3.01. The first kappa shape index (κ1) is 17.8. The van der Waals surface area contributed by atoms with E-state index in [1.165, 1.54) is 34.4 Å². The zero-order valence-corrected chi connectivity index (χ0v) is 16.9. The van der Waals surface area contributed by atoms with E-state index in [1.54, 1.807) is 17.6 Å². The molecule has 0 bridgehead atoms. The van der Waals surface area contributed by atoms with Crippen LogP contribution in [-0.4, -0.2) is 43.1 Å². The molecule has 28 heavy (non-hydrogen) atoms. The van der Waals surface area contributed by atoms with E-state index in [2.05, 4.69) is 20.4 Å². The molecule has 0 atom stereocenters. The lowest BCUT2D eigenvalue weighted by Gasteiger charge is -2.31.